The molecule has 0 spiro atoms. The number of hydrogen-bond donors (Lipinski definition) is 2. The van der Waals surface area contributed by atoms with E-state index in [9.17, 15) is 9.59 Å². The van der Waals surface area contributed by atoms with E-state index >= 15 is 0 Å². The van der Waals surface area contributed by atoms with Gasteiger partial charge in [0.1, 0.15) is 5.75 Å². The Morgan fingerprint density at radius 2 is 1.90 bits per heavy atom. The Morgan fingerprint density at radius 1 is 1.24 bits per heavy atom. The summed E-state index contributed by atoms with van der Waals surface area (Å²) in [4.78, 5) is 23.4. The number of carboxylic acid groups (broad SMARTS) is 1. The lowest BCUT2D eigenvalue weighted by atomic mass is 9.98. The van der Waals surface area contributed by atoms with Gasteiger partial charge in [-0.05, 0) is 32.0 Å². The molecule has 0 aliphatic carbocycles. The molecule has 5 nitrogen and oxygen atoms in total. The number of aliphatic carboxylic acids is 1. The molecule has 2 rings (SSSR count). The average Bonchev–Trinajstić information content (AvgIpc) is 2.37. The van der Waals surface area contributed by atoms with Crippen molar-refractivity contribution in [2.75, 3.05) is 0 Å². The fourth-order valence-electron chi connectivity index (χ4n) is 2.03. The molecular weight excluding hydrogens is 338 g/mol. The van der Waals surface area contributed by atoms with Crippen molar-refractivity contribution >= 4 is 27.9 Å². The SMILES string of the molecule is CC1=C(C(=O)O)CC(C(=O)Oc2cccc(Br)c2)=C(C)N1. The maximum atomic E-state index is 12.2. The third-order valence-electron chi connectivity index (χ3n) is 3.15. The standard InChI is InChI=1S/C15H14BrNO4/c1-8-12(14(18)19)7-13(9(2)17-8)15(20)21-11-5-3-4-10(16)6-11/h3-6,17H,7H2,1-2H3,(H,18,19). The van der Waals surface area contributed by atoms with E-state index in [0.29, 0.717) is 22.7 Å². The summed E-state index contributed by atoms with van der Waals surface area (Å²) in [6.07, 6.45) is 0.0484. The smallest absolute Gasteiger partial charge is 0.341 e. The Morgan fingerprint density at radius 3 is 2.52 bits per heavy atom. The molecule has 1 aromatic rings. The number of carbonyl (C=O) groups excluding carboxylic acids is 1. The summed E-state index contributed by atoms with van der Waals surface area (Å²) in [7, 11) is 0. The highest BCUT2D eigenvalue weighted by Crippen LogP contribution is 2.25. The highest BCUT2D eigenvalue weighted by molar-refractivity contribution is 9.10. The number of allylic oxidation sites excluding steroid dienone is 2. The molecule has 21 heavy (non-hydrogen) atoms. The van der Waals surface area contributed by atoms with Crippen molar-refractivity contribution in [3.63, 3.8) is 0 Å². The van der Waals surface area contributed by atoms with E-state index in [1.807, 2.05) is 6.07 Å². The van der Waals surface area contributed by atoms with Crippen molar-refractivity contribution in [1.29, 1.82) is 0 Å². The molecule has 110 valence electrons. The van der Waals surface area contributed by atoms with Gasteiger partial charge in [-0.15, -0.1) is 0 Å². The number of hydrogen-bond acceptors (Lipinski definition) is 4. The second-order valence-electron chi connectivity index (χ2n) is 4.66. The number of nitrogens with one attached hydrogen (secondary N) is 1. The zero-order valence-electron chi connectivity index (χ0n) is 11.6. The lowest BCUT2D eigenvalue weighted by molar-refractivity contribution is -0.132. The van der Waals surface area contributed by atoms with Crippen molar-refractivity contribution in [3.05, 3.63) is 51.3 Å². The number of carboxylic acids is 1. The van der Waals surface area contributed by atoms with Crippen LogP contribution in [-0.2, 0) is 9.59 Å². The molecule has 1 aromatic carbocycles. The van der Waals surface area contributed by atoms with Gasteiger partial charge in [0.25, 0.3) is 0 Å². The summed E-state index contributed by atoms with van der Waals surface area (Å²) < 4.78 is 6.08. The van der Waals surface area contributed by atoms with Gasteiger partial charge < -0.3 is 15.2 Å². The number of halogens is 1. The maximum absolute atomic E-state index is 12.2. The summed E-state index contributed by atoms with van der Waals surface area (Å²) >= 11 is 3.30. The van der Waals surface area contributed by atoms with Crippen LogP contribution in [0.2, 0.25) is 0 Å². The van der Waals surface area contributed by atoms with Gasteiger partial charge in [-0.1, -0.05) is 22.0 Å². The van der Waals surface area contributed by atoms with Crippen LogP contribution in [-0.4, -0.2) is 17.0 Å². The second kappa shape index (κ2) is 6.13. The van der Waals surface area contributed by atoms with E-state index in [2.05, 4.69) is 21.2 Å². The van der Waals surface area contributed by atoms with E-state index in [1.54, 1.807) is 32.0 Å². The van der Waals surface area contributed by atoms with Gasteiger partial charge in [0.2, 0.25) is 0 Å². The predicted molar refractivity (Wildman–Crippen MR) is 80.6 cm³/mol. The molecule has 2 N–H and O–H groups in total. The van der Waals surface area contributed by atoms with E-state index in [-0.39, 0.29) is 12.0 Å². The van der Waals surface area contributed by atoms with E-state index in [0.717, 1.165) is 4.47 Å². The van der Waals surface area contributed by atoms with Crippen LogP contribution in [0.5, 0.6) is 5.75 Å². The topological polar surface area (TPSA) is 75.6 Å². The monoisotopic (exact) mass is 351 g/mol. The molecule has 0 fully saturated rings. The third-order valence-corrected chi connectivity index (χ3v) is 3.64. The molecule has 0 bridgehead atoms. The van der Waals surface area contributed by atoms with Crippen molar-refractivity contribution in [1.82, 2.24) is 5.32 Å². The summed E-state index contributed by atoms with van der Waals surface area (Å²) in [6.45, 7) is 3.39. The first-order valence-electron chi connectivity index (χ1n) is 6.26. The van der Waals surface area contributed by atoms with Crippen molar-refractivity contribution in [3.8, 4) is 5.75 Å². The average molecular weight is 352 g/mol. The number of dihydropyridines is 1. The lowest BCUT2D eigenvalue weighted by Gasteiger charge is -2.21. The Bertz CT molecular complexity index is 676. The summed E-state index contributed by atoms with van der Waals surface area (Å²) in [5.74, 6) is -1.19. The first-order valence-corrected chi connectivity index (χ1v) is 7.05. The quantitative estimate of drug-likeness (QED) is 0.646. The minimum absolute atomic E-state index is 0.0484. The van der Waals surface area contributed by atoms with Crippen LogP contribution in [0.3, 0.4) is 0 Å². The van der Waals surface area contributed by atoms with Gasteiger partial charge in [0.15, 0.2) is 0 Å². The first-order chi connectivity index (χ1) is 9.88. The highest BCUT2D eigenvalue weighted by Gasteiger charge is 2.26. The van der Waals surface area contributed by atoms with Crippen LogP contribution in [0.1, 0.15) is 20.3 Å². The number of ether oxygens (including phenoxy) is 1. The van der Waals surface area contributed by atoms with E-state index in [1.165, 1.54) is 0 Å². The Balaban J connectivity index is 2.19. The summed E-state index contributed by atoms with van der Waals surface area (Å²) in [5.41, 5.74) is 1.64. The highest BCUT2D eigenvalue weighted by atomic mass is 79.9. The minimum Gasteiger partial charge on any atom is -0.478 e. The molecule has 0 saturated carbocycles. The molecule has 0 radical (unpaired) electrons. The predicted octanol–water partition coefficient (Wildman–Crippen LogP) is 2.98. The van der Waals surface area contributed by atoms with Crippen LogP contribution < -0.4 is 10.1 Å². The Kier molecular flexibility index (Phi) is 4.47. The van der Waals surface area contributed by atoms with Crippen molar-refractivity contribution in [2.45, 2.75) is 20.3 Å². The normalized spacial score (nSPS) is 14.8. The van der Waals surface area contributed by atoms with Crippen molar-refractivity contribution < 1.29 is 19.4 Å². The third kappa shape index (κ3) is 3.52. The molecule has 0 amide bonds. The molecule has 6 heteroatoms. The molecule has 0 unspecified atom stereocenters. The number of benzene rings is 1. The van der Waals surface area contributed by atoms with E-state index in [4.69, 9.17) is 9.84 Å². The fraction of sp³-hybridized carbons (Fsp3) is 0.200. The molecule has 1 heterocycles. The van der Waals surface area contributed by atoms with Gasteiger partial charge in [0, 0.05) is 22.3 Å². The number of esters is 1. The molecule has 0 saturated heterocycles. The molecule has 0 atom stereocenters. The summed E-state index contributed by atoms with van der Waals surface area (Å²) in [6, 6.07) is 6.90. The zero-order chi connectivity index (χ0) is 15.6. The lowest BCUT2D eigenvalue weighted by Crippen LogP contribution is -2.26. The van der Waals surface area contributed by atoms with Gasteiger partial charge in [-0.25, -0.2) is 9.59 Å². The Hall–Kier alpha value is -2.08. The van der Waals surface area contributed by atoms with Crippen LogP contribution in [0.25, 0.3) is 0 Å². The molecule has 0 aromatic heterocycles. The van der Waals surface area contributed by atoms with Gasteiger partial charge in [-0.3, -0.25) is 0 Å². The van der Waals surface area contributed by atoms with E-state index < -0.39 is 11.9 Å². The van der Waals surface area contributed by atoms with Crippen LogP contribution in [0.15, 0.2) is 51.3 Å². The molecule has 1 aliphatic rings. The number of carbonyl (C=O) groups is 2. The fourth-order valence-corrected chi connectivity index (χ4v) is 2.41. The minimum atomic E-state index is -1.04. The zero-order valence-corrected chi connectivity index (χ0v) is 13.2. The second-order valence-corrected chi connectivity index (χ2v) is 5.58. The van der Waals surface area contributed by atoms with Crippen LogP contribution >= 0.6 is 15.9 Å². The maximum Gasteiger partial charge on any atom is 0.341 e. The Labute approximate surface area is 130 Å². The van der Waals surface area contributed by atoms with Gasteiger partial charge in [0.05, 0.1) is 11.1 Å². The first kappa shape index (κ1) is 15.3. The van der Waals surface area contributed by atoms with Gasteiger partial charge in [-0.2, -0.15) is 0 Å². The van der Waals surface area contributed by atoms with Crippen LogP contribution in [0.4, 0.5) is 0 Å². The summed E-state index contributed by atoms with van der Waals surface area (Å²) in [5, 5.41) is 12.0. The van der Waals surface area contributed by atoms with Gasteiger partial charge >= 0.3 is 11.9 Å². The van der Waals surface area contributed by atoms with Crippen LogP contribution in [0, 0.1) is 0 Å². The van der Waals surface area contributed by atoms with Crippen molar-refractivity contribution in [2.24, 2.45) is 0 Å². The molecule has 1 aliphatic heterocycles. The number of rotatable bonds is 3. The molecular formula is C15H14BrNO4. The largest absolute Gasteiger partial charge is 0.478 e.